The van der Waals surface area contributed by atoms with E-state index in [9.17, 15) is 10.2 Å². The molecule has 5 nitrogen and oxygen atoms in total. The molecule has 0 radical (unpaired) electrons. The largest absolute Gasteiger partial charge is 0.388 e. The van der Waals surface area contributed by atoms with E-state index in [2.05, 4.69) is 6.92 Å². The number of aliphatic hydroxyl groups excluding tert-OH is 2. The Bertz CT molecular complexity index is 163. The van der Waals surface area contributed by atoms with Crippen molar-refractivity contribution in [1.29, 1.82) is 0 Å². The fourth-order valence-corrected chi connectivity index (χ4v) is 1.39. The number of hydrogen-bond donors (Lipinski definition) is 2. The molecule has 0 aromatic carbocycles. The molecule has 1 saturated heterocycles. The predicted octanol–water partition coefficient (Wildman–Crippen LogP) is -1.07. The molecule has 13 heavy (non-hydrogen) atoms. The van der Waals surface area contributed by atoms with Crippen molar-refractivity contribution in [3.8, 4) is 0 Å². The average molecular weight is 191 g/mol. The van der Waals surface area contributed by atoms with Crippen LogP contribution in [0.3, 0.4) is 0 Å². The second-order valence-electron chi connectivity index (χ2n) is 2.96. The third-order valence-corrected chi connectivity index (χ3v) is 2.15. The van der Waals surface area contributed by atoms with E-state index in [0.29, 0.717) is 0 Å². The molecule has 1 heterocycles. The Hall–Kier alpha value is -0.200. The van der Waals surface area contributed by atoms with Crippen molar-refractivity contribution in [2.24, 2.45) is 0 Å². The van der Waals surface area contributed by atoms with Crippen LogP contribution in [0.1, 0.15) is 0 Å². The zero-order valence-electron chi connectivity index (χ0n) is 7.71. The molecule has 5 unspecified atom stereocenters. The van der Waals surface area contributed by atoms with Gasteiger partial charge in [0.1, 0.15) is 12.2 Å². The minimum absolute atomic E-state index is 0.548. The summed E-state index contributed by atoms with van der Waals surface area (Å²) in [5.74, 6) is 0. The fraction of sp³-hybridized carbons (Fsp3) is 0.875. The highest BCUT2D eigenvalue weighted by molar-refractivity contribution is 4.91. The van der Waals surface area contributed by atoms with E-state index in [1.807, 2.05) is 0 Å². The molecule has 0 saturated carbocycles. The van der Waals surface area contributed by atoms with Crippen LogP contribution < -0.4 is 0 Å². The molecule has 1 aliphatic heterocycles. The lowest BCUT2D eigenvalue weighted by molar-refractivity contribution is -0.284. The molecular formula is C8H15O5-. The lowest BCUT2D eigenvalue weighted by atomic mass is 10.00. The smallest absolute Gasteiger partial charge is 0.183 e. The summed E-state index contributed by atoms with van der Waals surface area (Å²) in [7, 11) is 2.82. The van der Waals surface area contributed by atoms with Gasteiger partial charge in [-0.25, -0.2) is 0 Å². The Morgan fingerprint density at radius 3 is 2.23 bits per heavy atom. The van der Waals surface area contributed by atoms with Gasteiger partial charge in [-0.05, 0) is 6.10 Å². The summed E-state index contributed by atoms with van der Waals surface area (Å²) in [5, 5.41) is 19.0. The van der Waals surface area contributed by atoms with Crippen molar-refractivity contribution in [3.63, 3.8) is 0 Å². The van der Waals surface area contributed by atoms with Gasteiger partial charge in [0.15, 0.2) is 6.29 Å². The van der Waals surface area contributed by atoms with Gasteiger partial charge in [0, 0.05) is 14.2 Å². The Morgan fingerprint density at radius 2 is 1.77 bits per heavy atom. The molecule has 0 bridgehead atoms. The number of methoxy groups -OCH3 is 2. The van der Waals surface area contributed by atoms with Gasteiger partial charge in [0.05, 0.1) is 6.10 Å². The van der Waals surface area contributed by atoms with Gasteiger partial charge in [0.25, 0.3) is 0 Å². The van der Waals surface area contributed by atoms with Crippen molar-refractivity contribution in [3.05, 3.63) is 6.92 Å². The van der Waals surface area contributed by atoms with E-state index in [1.54, 1.807) is 0 Å². The summed E-state index contributed by atoms with van der Waals surface area (Å²) in [5.41, 5.74) is 0. The van der Waals surface area contributed by atoms with Crippen LogP contribution in [0.5, 0.6) is 0 Å². The minimum atomic E-state index is -1.10. The summed E-state index contributed by atoms with van der Waals surface area (Å²) >= 11 is 0. The zero-order valence-corrected chi connectivity index (χ0v) is 7.71. The van der Waals surface area contributed by atoms with Crippen LogP contribution in [0, 0.1) is 6.92 Å². The Kier molecular flexibility index (Phi) is 3.63. The topological polar surface area (TPSA) is 68.2 Å². The van der Waals surface area contributed by atoms with Crippen molar-refractivity contribution < 1.29 is 24.4 Å². The van der Waals surface area contributed by atoms with Crippen LogP contribution in [-0.4, -0.2) is 55.1 Å². The van der Waals surface area contributed by atoms with E-state index in [-0.39, 0.29) is 0 Å². The quantitative estimate of drug-likeness (QED) is 0.544. The molecule has 78 valence electrons. The van der Waals surface area contributed by atoms with Crippen LogP contribution in [0.25, 0.3) is 0 Å². The molecule has 1 aliphatic rings. The van der Waals surface area contributed by atoms with Gasteiger partial charge in [-0.1, -0.05) is 0 Å². The van der Waals surface area contributed by atoms with E-state index in [0.717, 1.165) is 0 Å². The molecule has 0 amide bonds. The lowest BCUT2D eigenvalue weighted by Gasteiger charge is -2.43. The molecule has 5 atom stereocenters. The van der Waals surface area contributed by atoms with Crippen molar-refractivity contribution in [1.82, 2.24) is 0 Å². The first-order chi connectivity index (χ1) is 6.11. The molecule has 1 fully saturated rings. The second-order valence-corrected chi connectivity index (χ2v) is 2.96. The SMILES string of the molecule is [CH2-]C1OC(OC)C(O)C(O)C1OC. The molecule has 0 aliphatic carbocycles. The van der Waals surface area contributed by atoms with Crippen LogP contribution in [0.2, 0.25) is 0 Å². The first-order valence-electron chi connectivity index (χ1n) is 4.02. The van der Waals surface area contributed by atoms with Gasteiger partial charge in [-0.3, -0.25) is 0 Å². The third-order valence-electron chi connectivity index (χ3n) is 2.15. The maximum absolute atomic E-state index is 9.53. The molecule has 5 heteroatoms. The van der Waals surface area contributed by atoms with Gasteiger partial charge in [-0.15, -0.1) is 0 Å². The highest BCUT2D eigenvalue weighted by atomic mass is 16.7. The van der Waals surface area contributed by atoms with Crippen LogP contribution in [-0.2, 0) is 14.2 Å². The first kappa shape index (κ1) is 10.9. The Balaban J connectivity index is 2.66. The molecule has 0 aromatic heterocycles. The summed E-state index contributed by atoms with van der Waals surface area (Å²) in [4.78, 5) is 0. The monoisotopic (exact) mass is 191 g/mol. The Morgan fingerprint density at radius 1 is 1.15 bits per heavy atom. The molecule has 0 spiro atoms. The second kappa shape index (κ2) is 4.34. The maximum atomic E-state index is 9.53. The highest BCUT2D eigenvalue weighted by Crippen LogP contribution is 2.22. The Labute approximate surface area is 77.2 Å². The molecule has 2 N–H and O–H groups in total. The number of hydrogen-bond acceptors (Lipinski definition) is 5. The van der Waals surface area contributed by atoms with Crippen molar-refractivity contribution >= 4 is 0 Å². The van der Waals surface area contributed by atoms with Crippen LogP contribution in [0.4, 0.5) is 0 Å². The number of rotatable bonds is 2. The van der Waals surface area contributed by atoms with Gasteiger partial charge in [0.2, 0.25) is 0 Å². The van der Waals surface area contributed by atoms with Crippen molar-refractivity contribution in [2.75, 3.05) is 14.2 Å². The lowest BCUT2D eigenvalue weighted by Crippen LogP contribution is -2.57. The first-order valence-corrected chi connectivity index (χ1v) is 4.02. The standard InChI is InChI=1S/C8H15O5/c1-4-7(11-2)5(9)6(10)8(12-3)13-4/h4-10H,1H2,2-3H3/q-1. The highest BCUT2D eigenvalue weighted by Gasteiger charge is 2.40. The number of ether oxygens (including phenoxy) is 3. The van der Waals surface area contributed by atoms with E-state index >= 15 is 0 Å². The molecule has 0 aromatic rings. The summed E-state index contributed by atoms with van der Waals surface area (Å²) in [6, 6.07) is 0. The molecular weight excluding hydrogens is 176 g/mol. The number of aliphatic hydroxyl groups is 2. The van der Waals surface area contributed by atoms with Gasteiger partial charge < -0.3 is 31.3 Å². The summed E-state index contributed by atoms with van der Waals surface area (Å²) in [6.07, 6.45) is -4.15. The molecule has 1 rings (SSSR count). The van der Waals surface area contributed by atoms with Crippen LogP contribution >= 0.6 is 0 Å². The van der Waals surface area contributed by atoms with Gasteiger partial charge >= 0.3 is 0 Å². The van der Waals surface area contributed by atoms with Crippen LogP contribution in [0.15, 0.2) is 0 Å². The van der Waals surface area contributed by atoms with E-state index < -0.39 is 30.7 Å². The van der Waals surface area contributed by atoms with E-state index in [4.69, 9.17) is 14.2 Å². The fourth-order valence-electron chi connectivity index (χ4n) is 1.39. The predicted molar refractivity (Wildman–Crippen MR) is 43.8 cm³/mol. The van der Waals surface area contributed by atoms with E-state index in [1.165, 1.54) is 14.2 Å². The zero-order chi connectivity index (χ0) is 10.0. The van der Waals surface area contributed by atoms with Gasteiger partial charge in [-0.2, -0.15) is 0 Å². The normalized spacial score (nSPS) is 46.4. The average Bonchev–Trinajstić information content (AvgIpc) is 2.12. The summed E-state index contributed by atoms with van der Waals surface area (Å²) in [6.45, 7) is 3.63. The van der Waals surface area contributed by atoms with Crippen molar-refractivity contribution in [2.45, 2.75) is 30.7 Å². The summed E-state index contributed by atoms with van der Waals surface area (Å²) < 4.78 is 14.9. The minimum Gasteiger partial charge on any atom is -0.388 e. The third kappa shape index (κ3) is 2.00. The maximum Gasteiger partial charge on any atom is 0.183 e.